The maximum atomic E-state index is 11.2. The minimum atomic E-state index is -0.219. The number of hydrogen-bond donors (Lipinski definition) is 0. The van der Waals surface area contributed by atoms with E-state index in [1.807, 2.05) is 24.3 Å². The molecule has 1 aromatic carbocycles. The Bertz CT molecular complexity index is 422. The monoisotopic (exact) mass is 264 g/mol. The van der Waals surface area contributed by atoms with Crippen molar-refractivity contribution < 1.29 is 19.0 Å². The summed E-state index contributed by atoms with van der Waals surface area (Å²) in [6, 6.07) is 7.69. The van der Waals surface area contributed by atoms with Crippen molar-refractivity contribution >= 4 is 5.97 Å². The topological polar surface area (TPSA) is 35.5 Å². The maximum absolute atomic E-state index is 11.2. The lowest BCUT2D eigenvalue weighted by Crippen LogP contribution is -2.50. The molecule has 1 saturated heterocycles. The summed E-state index contributed by atoms with van der Waals surface area (Å²) in [5, 5.41) is 0. The van der Waals surface area contributed by atoms with Crippen LogP contribution in [0.25, 0.3) is 0 Å². The number of esters is 1. The molecule has 0 amide bonds. The van der Waals surface area contributed by atoms with Crippen LogP contribution in [0.1, 0.15) is 24.8 Å². The Morgan fingerprint density at radius 1 is 1.16 bits per heavy atom. The highest BCUT2D eigenvalue weighted by atomic mass is 16.7. The Kier molecular flexibility index (Phi) is 4.43. The Morgan fingerprint density at radius 2 is 1.79 bits per heavy atom. The van der Waals surface area contributed by atoms with Crippen LogP contribution in [0.5, 0.6) is 5.75 Å². The van der Waals surface area contributed by atoms with Crippen LogP contribution >= 0.6 is 0 Å². The molecule has 1 aliphatic heterocycles. The predicted octanol–water partition coefficient (Wildman–Crippen LogP) is 2.33. The summed E-state index contributed by atoms with van der Waals surface area (Å²) < 4.78 is 5.30. The van der Waals surface area contributed by atoms with Crippen molar-refractivity contribution in [2.24, 2.45) is 0 Å². The molecule has 0 atom stereocenters. The average molecular weight is 264 g/mol. The SMILES string of the molecule is COC(=O)Cc1ccc(O[N+]2(C)CCCCC2)cc1. The second-order valence-electron chi connectivity index (χ2n) is 5.29. The highest BCUT2D eigenvalue weighted by Crippen LogP contribution is 2.21. The lowest BCUT2D eigenvalue weighted by molar-refractivity contribution is -1.07. The number of likely N-dealkylation sites (tertiary alicyclic amines) is 1. The van der Waals surface area contributed by atoms with E-state index in [0.29, 0.717) is 11.1 Å². The number of hydroxylamine groups is 3. The van der Waals surface area contributed by atoms with E-state index in [9.17, 15) is 4.79 Å². The first-order valence-corrected chi connectivity index (χ1v) is 6.81. The van der Waals surface area contributed by atoms with Gasteiger partial charge in [0.2, 0.25) is 0 Å². The molecule has 0 radical (unpaired) electrons. The number of ether oxygens (including phenoxy) is 1. The molecule has 1 fully saturated rings. The van der Waals surface area contributed by atoms with Gasteiger partial charge in [0.05, 0.1) is 13.5 Å². The molecular formula is C15H22NO3+. The van der Waals surface area contributed by atoms with Gasteiger partial charge in [-0.25, -0.2) is 0 Å². The average Bonchev–Trinajstić information content (AvgIpc) is 2.41. The Morgan fingerprint density at radius 3 is 2.37 bits per heavy atom. The van der Waals surface area contributed by atoms with Gasteiger partial charge in [-0.3, -0.25) is 4.79 Å². The van der Waals surface area contributed by atoms with Crippen molar-refractivity contribution in [1.29, 1.82) is 0 Å². The van der Waals surface area contributed by atoms with Crippen molar-refractivity contribution in [2.45, 2.75) is 25.7 Å². The minimum Gasteiger partial charge on any atom is -0.469 e. The smallest absolute Gasteiger partial charge is 0.309 e. The number of piperidine rings is 1. The van der Waals surface area contributed by atoms with E-state index in [2.05, 4.69) is 11.8 Å². The first kappa shape index (κ1) is 13.9. The third kappa shape index (κ3) is 3.96. The zero-order valence-corrected chi connectivity index (χ0v) is 11.7. The zero-order chi connectivity index (χ0) is 13.7. The second kappa shape index (κ2) is 6.06. The fourth-order valence-corrected chi connectivity index (χ4v) is 2.43. The molecule has 4 heteroatoms. The molecule has 0 N–H and O–H groups in total. The number of quaternary nitrogens is 1. The van der Waals surface area contributed by atoms with Crippen LogP contribution in [0, 0.1) is 0 Å². The standard InChI is InChI=1S/C15H22NO3/c1-16(10-4-3-5-11-16)19-14-8-6-13(7-9-14)12-15(17)18-2/h6-9H,3-5,10-12H2,1-2H3/q+1. The Labute approximate surface area is 114 Å². The molecule has 0 unspecified atom stereocenters. The predicted molar refractivity (Wildman–Crippen MR) is 72.6 cm³/mol. The summed E-state index contributed by atoms with van der Waals surface area (Å²) >= 11 is 0. The summed E-state index contributed by atoms with van der Waals surface area (Å²) in [5.41, 5.74) is 0.945. The van der Waals surface area contributed by atoms with E-state index in [1.165, 1.54) is 26.4 Å². The van der Waals surface area contributed by atoms with Gasteiger partial charge < -0.3 is 9.57 Å². The van der Waals surface area contributed by atoms with Crippen molar-refractivity contribution in [3.8, 4) is 5.75 Å². The molecule has 0 aliphatic carbocycles. The van der Waals surface area contributed by atoms with Crippen LogP contribution in [0.2, 0.25) is 0 Å². The molecule has 104 valence electrons. The van der Waals surface area contributed by atoms with E-state index < -0.39 is 0 Å². The quantitative estimate of drug-likeness (QED) is 0.618. The molecule has 2 rings (SSSR count). The number of benzene rings is 1. The maximum Gasteiger partial charge on any atom is 0.309 e. The summed E-state index contributed by atoms with van der Waals surface area (Å²) in [7, 11) is 3.53. The van der Waals surface area contributed by atoms with Crippen LogP contribution < -0.4 is 4.84 Å². The molecule has 0 saturated carbocycles. The van der Waals surface area contributed by atoms with Gasteiger partial charge in [0.15, 0.2) is 5.75 Å². The number of carbonyl (C=O) groups excluding carboxylic acids is 1. The summed E-state index contributed by atoms with van der Waals surface area (Å²) in [5.74, 6) is 0.640. The molecule has 1 heterocycles. The van der Waals surface area contributed by atoms with Gasteiger partial charge >= 0.3 is 5.97 Å². The third-order valence-corrected chi connectivity index (χ3v) is 3.59. The fraction of sp³-hybridized carbons (Fsp3) is 0.533. The normalized spacial score (nSPS) is 17.8. The summed E-state index contributed by atoms with van der Waals surface area (Å²) in [6.07, 6.45) is 4.05. The first-order valence-electron chi connectivity index (χ1n) is 6.81. The molecule has 1 aliphatic rings. The van der Waals surface area contributed by atoms with Crippen molar-refractivity contribution in [1.82, 2.24) is 0 Å². The first-order chi connectivity index (χ1) is 9.11. The lowest BCUT2D eigenvalue weighted by atomic mass is 10.1. The highest BCUT2D eigenvalue weighted by molar-refractivity contribution is 5.72. The van der Waals surface area contributed by atoms with Gasteiger partial charge in [0.1, 0.15) is 20.1 Å². The van der Waals surface area contributed by atoms with Gasteiger partial charge in [0, 0.05) is 12.8 Å². The molecule has 0 bridgehead atoms. The van der Waals surface area contributed by atoms with E-state index in [4.69, 9.17) is 4.84 Å². The molecule has 0 aromatic heterocycles. The van der Waals surface area contributed by atoms with E-state index >= 15 is 0 Å². The van der Waals surface area contributed by atoms with Crippen LogP contribution in [0.3, 0.4) is 0 Å². The van der Waals surface area contributed by atoms with Gasteiger partial charge in [-0.2, -0.15) is 0 Å². The van der Waals surface area contributed by atoms with E-state index in [1.54, 1.807) is 0 Å². The van der Waals surface area contributed by atoms with Gasteiger partial charge in [-0.05, 0) is 24.1 Å². The third-order valence-electron chi connectivity index (χ3n) is 3.59. The molecular weight excluding hydrogens is 242 g/mol. The van der Waals surface area contributed by atoms with E-state index in [0.717, 1.165) is 24.4 Å². The van der Waals surface area contributed by atoms with Gasteiger partial charge in [-0.1, -0.05) is 12.1 Å². The van der Waals surface area contributed by atoms with E-state index in [-0.39, 0.29) is 5.97 Å². The van der Waals surface area contributed by atoms with Crippen LogP contribution in [0.4, 0.5) is 0 Å². The molecule has 1 aromatic rings. The lowest BCUT2D eigenvalue weighted by Gasteiger charge is -2.34. The molecule has 4 nitrogen and oxygen atoms in total. The fourth-order valence-electron chi connectivity index (χ4n) is 2.43. The van der Waals surface area contributed by atoms with Crippen molar-refractivity contribution in [3.63, 3.8) is 0 Å². The largest absolute Gasteiger partial charge is 0.469 e. The highest BCUT2D eigenvalue weighted by Gasteiger charge is 2.27. The van der Waals surface area contributed by atoms with Gasteiger partial charge in [0.25, 0.3) is 0 Å². The Hall–Kier alpha value is -1.55. The molecule has 19 heavy (non-hydrogen) atoms. The number of nitrogens with zero attached hydrogens (tertiary/aromatic N) is 1. The number of hydrogen-bond acceptors (Lipinski definition) is 3. The number of carbonyl (C=O) groups is 1. The van der Waals surface area contributed by atoms with Gasteiger partial charge in [-0.15, -0.1) is 4.65 Å². The van der Waals surface area contributed by atoms with Crippen LogP contribution in [-0.4, -0.2) is 37.9 Å². The number of rotatable bonds is 4. The summed E-state index contributed by atoms with van der Waals surface area (Å²) in [4.78, 5) is 17.2. The van der Waals surface area contributed by atoms with Crippen molar-refractivity contribution in [2.75, 3.05) is 27.2 Å². The van der Waals surface area contributed by atoms with Crippen LogP contribution in [-0.2, 0) is 16.0 Å². The molecule has 0 spiro atoms. The number of methoxy groups -OCH3 is 1. The van der Waals surface area contributed by atoms with Crippen LogP contribution in [0.15, 0.2) is 24.3 Å². The second-order valence-corrected chi connectivity index (χ2v) is 5.29. The van der Waals surface area contributed by atoms with Crippen molar-refractivity contribution in [3.05, 3.63) is 29.8 Å². The summed E-state index contributed by atoms with van der Waals surface area (Å²) in [6.45, 7) is 2.12. The minimum absolute atomic E-state index is 0.219. The Balaban J connectivity index is 1.96. The zero-order valence-electron chi connectivity index (χ0n) is 11.7.